The van der Waals surface area contributed by atoms with Gasteiger partial charge in [-0.25, -0.2) is 0 Å². The lowest BCUT2D eigenvalue weighted by Gasteiger charge is -2.28. The summed E-state index contributed by atoms with van der Waals surface area (Å²) in [6.45, 7) is 1.72. The molecule has 1 heterocycles. The van der Waals surface area contributed by atoms with Crippen LogP contribution in [-0.4, -0.2) is 32.6 Å². The third-order valence-corrected chi connectivity index (χ3v) is 3.63. The number of carbonyl (C=O) groups is 1. The van der Waals surface area contributed by atoms with Crippen LogP contribution >= 0.6 is 11.6 Å². The highest BCUT2D eigenvalue weighted by Crippen LogP contribution is 2.23. The zero-order chi connectivity index (χ0) is 13.0. The molecular formula is C14H18ClNO2. The molecule has 0 spiro atoms. The van der Waals surface area contributed by atoms with Crippen LogP contribution in [0.15, 0.2) is 18.2 Å². The van der Waals surface area contributed by atoms with Crippen LogP contribution in [0.1, 0.15) is 29.6 Å². The maximum Gasteiger partial charge on any atom is 0.151 e. The molecule has 0 aromatic heterocycles. The predicted molar refractivity (Wildman–Crippen MR) is 73.7 cm³/mol. The Hall–Kier alpha value is -1.06. The summed E-state index contributed by atoms with van der Waals surface area (Å²) in [5, 5.41) is 0.499. The minimum atomic E-state index is 0.299. The number of ether oxygens (including phenoxy) is 1. The molecule has 3 nitrogen and oxygen atoms in total. The largest absolute Gasteiger partial charge is 0.376 e. The van der Waals surface area contributed by atoms with Crippen molar-refractivity contribution in [2.24, 2.45) is 0 Å². The summed E-state index contributed by atoms with van der Waals surface area (Å²) in [5.41, 5.74) is 1.54. The van der Waals surface area contributed by atoms with E-state index in [-0.39, 0.29) is 0 Å². The fourth-order valence-electron chi connectivity index (χ4n) is 2.21. The lowest BCUT2D eigenvalue weighted by molar-refractivity contribution is 0.0216. The molecule has 1 unspecified atom stereocenters. The van der Waals surface area contributed by atoms with E-state index in [9.17, 15) is 4.79 Å². The molecule has 1 aliphatic heterocycles. The van der Waals surface area contributed by atoms with Crippen LogP contribution in [0.3, 0.4) is 0 Å². The van der Waals surface area contributed by atoms with Crippen molar-refractivity contribution < 1.29 is 9.53 Å². The van der Waals surface area contributed by atoms with Gasteiger partial charge in [0, 0.05) is 31.5 Å². The number of rotatable bonds is 4. The number of anilines is 1. The van der Waals surface area contributed by atoms with Crippen molar-refractivity contribution in [1.29, 1.82) is 0 Å². The zero-order valence-electron chi connectivity index (χ0n) is 10.6. The molecule has 0 radical (unpaired) electrons. The first-order valence-electron chi connectivity index (χ1n) is 6.28. The van der Waals surface area contributed by atoms with Crippen molar-refractivity contribution in [2.45, 2.75) is 25.4 Å². The molecule has 1 saturated heterocycles. The topological polar surface area (TPSA) is 29.5 Å². The molecule has 18 heavy (non-hydrogen) atoms. The monoisotopic (exact) mass is 267 g/mol. The van der Waals surface area contributed by atoms with Crippen molar-refractivity contribution in [3.05, 3.63) is 28.8 Å². The van der Waals surface area contributed by atoms with Gasteiger partial charge in [-0.3, -0.25) is 4.79 Å². The lowest BCUT2D eigenvalue weighted by atomic mass is 10.1. The van der Waals surface area contributed by atoms with Gasteiger partial charge in [0.2, 0.25) is 0 Å². The minimum Gasteiger partial charge on any atom is -0.376 e. The van der Waals surface area contributed by atoms with Crippen molar-refractivity contribution in [1.82, 2.24) is 0 Å². The first kappa shape index (κ1) is 13.4. The molecule has 0 amide bonds. The Morgan fingerprint density at radius 1 is 1.50 bits per heavy atom. The third-order valence-electron chi connectivity index (χ3n) is 3.30. The Morgan fingerprint density at radius 2 is 2.33 bits per heavy atom. The third kappa shape index (κ3) is 3.24. The normalized spacial score (nSPS) is 19.6. The quantitative estimate of drug-likeness (QED) is 0.785. The van der Waals surface area contributed by atoms with E-state index in [1.54, 1.807) is 6.07 Å². The van der Waals surface area contributed by atoms with Gasteiger partial charge in [-0.1, -0.05) is 11.6 Å². The standard InChI is InChI=1S/C14H18ClNO2/c1-16(9-13-4-2-3-7-18-13)12-6-5-11(10-17)14(15)8-12/h5-6,8,10,13H,2-4,7,9H2,1H3. The van der Waals surface area contributed by atoms with Crippen LogP contribution in [0, 0.1) is 0 Å². The summed E-state index contributed by atoms with van der Waals surface area (Å²) in [7, 11) is 2.02. The second kappa shape index (κ2) is 6.21. The Kier molecular flexibility index (Phi) is 4.61. The van der Waals surface area contributed by atoms with E-state index in [4.69, 9.17) is 16.3 Å². The molecule has 0 aliphatic carbocycles. The number of hydrogen-bond donors (Lipinski definition) is 0. The van der Waals surface area contributed by atoms with Gasteiger partial charge in [0.05, 0.1) is 11.1 Å². The van der Waals surface area contributed by atoms with E-state index < -0.39 is 0 Å². The first-order chi connectivity index (χ1) is 8.70. The molecule has 4 heteroatoms. The summed E-state index contributed by atoms with van der Waals surface area (Å²) in [6, 6.07) is 5.50. The molecule has 1 atom stereocenters. The minimum absolute atomic E-state index is 0.299. The summed E-state index contributed by atoms with van der Waals surface area (Å²) in [5.74, 6) is 0. The SMILES string of the molecule is CN(CC1CCCCO1)c1ccc(C=O)c(Cl)c1. The van der Waals surface area contributed by atoms with Gasteiger partial charge in [-0.2, -0.15) is 0 Å². The Bertz CT molecular complexity index is 416. The number of aldehydes is 1. The Labute approximate surface area is 113 Å². The van der Waals surface area contributed by atoms with Crippen LogP contribution in [0.25, 0.3) is 0 Å². The number of nitrogens with zero attached hydrogens (tertiary/aromatic N) is 1. The van der Waals surface area contributed by atoms with Crippen LogP contribution in [0.4, 0.5) is 5.69 Å². The van der Waals surface area contributed by atoms with Crippen molar-refractivity contribution >= 4 is 23.6 Å². The first-order valence-corrected chi connectivity index (χ1v) is 6.66. The number of likely N-dealkylation sites (N-methyl/N-ethyl adjacent to an activating group) is 1. The number of halogens is 1. The van der Waals surface area contributed by atoms with Crippen LogP contribution in [0.5, 0.6) is 0 Å². The predicted octanol–water partition coefficient (Wildman–Crippen LogP) is 3.16. The van der Waals surface area contributed by atoms with Gasteiger partial charge in [0.25, 0.3) is 0 Å². The molecule has 0 bridgehead atoms. The molecule has 2 rings (SSSR count). The number of benzene rings is 1. The highest BCUT2D eigenvalue weighted by atomic mass is 35.5. The van der Waals surface area contributed by atoms with Crippen LogP contribution < -0.4 is 4.90 Å². The lowest BCUT2D eigenvalue weighted by Crippen LogP contribution is -2.33. The molecule has 1 aromatic rings. The van der Waals surface area contributed by atoms with E-state index in [0.717, 1.165) is 31.5 Å². The Morgan fingerprint density at radius 3 is 2.94 bits per heavy atom. The number of carbonyl (C=O) groups excluding carboxylic acids is 1. The molecule has 0 saturated carbocycles. The second-order valence-corrected chi connectivity index (χ2v) is 5.10. The van der Waals surface area contributed by atoms with Crippen LogP contribution in [-0.2, 0) is 4.74 Å². The maximum atomic E-state index is 10.7. The molecule has 1 aromatic carbocycles. The number of hydrogen-bond acceptors (Lipinski definition) is 3. The van der Waals surface area contributed by atoms with Crippen molar-refractivity contribution in [2.75, 3.05) is 25.1 Å². The van der Waals surface area contributed by atoms with Gasteiger partial charge >= 0.3 is 0 Å². The summed E-state index contributed by atoms with van der Waals surface area (Å²) in [4.78, 5) is 12.8. The fourth-order valence-corrected chi connectivity index (χ4v) is 2.43. The highest BCUT2D eigenvalue weighted by Gasteiger charge is 2.16. The average Bonchev–Trinajstić information content (AvgIpc) is 2.39. The van der Waals surface area contributed by atoms with E-state index >= 15 is 0 Å². The van der Waals surface area contributed by atoms with Gasteiger partial charge in [0.1, 0.15) is 0 Å². The maximum absolute atomic E-state index is 10.7. The van der Waals surface area contributed by atoms with E-state index in [2.05, 4.69) is 4.90 Å². The molecule has 0 N–H and O–H groups in total. The summed E-state index contributed by atoms with van der Waals surface area (Å²) < 4.78 is 5.71. The van der Waals surface area contributed by atoms with Crippen LogP contribution in [0.2, 0.25) is 5.02 Å². The van der Waals surface area contributed by atoms with Gasteiger partial charge < -0.3 is 9.64 Å². The molecule has 1 aliphatic rings. The second-order valence-electron chi connectivity index (χ2n) is 4.69. The van der Waals surface area contributed by atoms with E-state index in [0.29, 0.717) is 16.7 Å². The summed E-state index contributed by atoms with van der Waals surface area (Å²) in [6.07, 6.45) is 4.60. The Balaban J connectivity index is 2.01. The van der Waals surface area contributed by atoms with E-state index in [1.165, 1.54) is 12.8 Å². The molecule has 98 valence electrons. The van der Waals surface area contributed by atoms with E-state index in [1.807, 2.05) is 19.2 Å². The fraction of sp³-hybridized carbons (Fsp3) is 0.500. The van der Waals surface area contributed by atoms with Crippen molar-refractivity contribution in [3.8, 4) is 0 Å². The van der Waals surface area contributed by atoms with Gasteiger partial charge in [0.15, 0.2) is 6.29 Å². The highest BCUT2D eigenvalue weighted by molar-refractivity contribution is 6.33. The molecule has 1 fully saturated rings. The summed E-state index contributed by atoms with van der Waals surface area (Å²) >= 11 is 6.03. The smallest absolute Gasteiger partial charge is 0.151 e. The zero-order valence-corrected chi connectivity index (χ0v) is 11.3. The van der Waals surface area contributed by atoms with Gasteiger partial charge in [-0.05, 0) is 37.5 Å². The van der Waals surface area contributed by atoms with Crippen molar-refractivity contribution in [3.63, 3.8) is 0 Å². The average molecular weight is 268 g/mol. The van der Waals surface area contributed by atoms with Gasteiger partial charge in [-0.15, -0.1) is 0 Å². The molecular weight excluding hydrogens is 250 g/mol.